The molecule has 0 aromatic carbocycles. The highest BCUT2D eigenvalue weighted by Crippen LogP contribution is 2.34. The molecule has 0 spiro atoms. The molecule has 0 aromatic rings. The van der Waals surface area contributed by atoms with E-state index >= 15 is 0 Å². The Balaban J connectivity index is 4.31. The van der Waals surface area contributed by atoms with Crippen molar-refractivity contribution >= 4 is 16.2 Å². The fourth-order valence-electron chi connectivity index (χ4n) is 0.975. The molecule has 66 valence electrons. The molecule has 0 aliphatic heterocycles. The topological polar surface area (TPSA) is 26.3 Å². The summed E-state index contributed by atoms with van der Waals surface area (Å²) in [5.41, 5.74) is 0. The van der Waals surface area contributed by atoms with Crippen molar-refractivity contribution in [2.45, 2.75) is 32.2 Å². The lowest BCUT2D eigenvalue weighted by atomic mass is 9.92. The first kappa shape index (κ1) is 10.7. The van der Waals surface area contributed by atoms with Crippen LogP contribution in [0.2, 0.25) is 5.04 Å². The second-order valence-corrected chi connectivity index (χ2v) is 5.60. The summed E-state index contributed by atoms with van der Waals surface area (Å²) in [6.07, 6.45) is 1.04. The zero-order chi connectivity index (χ0) is 9.07. The Morgan fingerprint density at radius 1 is 1.73 bits per heavy atom. The maximum Gasteiger partial charge on any atom is 0.307 e. The summed E-state index contributed by atoms with van der Waals surface area (Å²) in [7, 11) is 2.32. The number of carbonyl (C=O) groups excluding carboxylic acids is 1. The molecule has 0 fully saturated rings. The van der Waals surface area contributed by atoms with Crippen LogP contribution in [0.25, 0.3) is 0 Å². The Hall–Kier alpha value is -0.313. The second-order valence-electron chi connectivity index (χ2n) is 3.52. The third-order valence-corrected chi connectivity index (χ3v) is 3.95. The van der Waals surface area contributed by atoms with E-state index in [9.17, 15) is 4.79 Å². The van der Waals surface area contributed by atoms with Gasteiger partial charge in [-0.3, -0.25) is 4.79 Å². The van der Waals surface area contributed by atoms with Gasteiger partial charge in [-0.05, 0) is 5.92 Å². The normalized spacial score (nSPS) is 18.9. The smallest absolute Gasteiger partial charge is 0.307 e. The zero-order valence-corrected chi connectivity index (χ0v) is 10.1. The molecule has 3 heteroatoms. The molecular weight excluding hydrogens is 156 g/mol. The van der Waals surface area contributed by atoms with E-state index in [1.165, 1.54) is 7.11 Å². The quantitative estimate of drug-likeness (QED) is 0.466. The fraction of sp³-hybridized carbons (Fsp3) is 0.875. The van der Waals surface area contributed by atoms with E-state index < -0.39 is 0 Å². The fourth-order valence-corrected chi connectivity index (χ4v) is 1.59. The predicted octanol–water partition coefficient (Wildman–Crippen LogP) is 0.749. The van der Waals surface area contributed by atoms with Gasteiger partial charge < -0.3 is 4.74 Å². The van der Waals surface area contributed by atoms with Gasteiger partial charge in [-0.25, -0.2) is 0 Å². The first-order valence-corrected chi connectivity index (χ1v) is 5.05. The molecule has 0 saturated heterocycles. The molecule has 0 bridgehead atoms. The number of rotatable bonds is 3. The summed E-state index contributed by atoms with van der Waals surface area (Å²) in [6.45, 7) is 6.19. The number of ether oxygens (including phenoxy) is 1. The molecule has 0 heterocycles. The van der Waals surface area contributed by atoms with Crippen molar-refractivity contribution in [3.05, 3.63) is 0 Å². The summed E-state index contributed by atoms with van der Waals surface area (Å²) >= 11 is 0. The summed E-state index contributed by atoms with van der Waals surface area (Å²) in [5, 5.41) is -0.205. The SMILES string of the molecule is CCC(C)C(C)([SiH3])C(=O)OC. The molecule has 0 N–H and O–H groups in total. The third kappa shape index (κ3) is 2.33. The highest BCUT2D eigenvalue weighted by molar-refractivity contribution is 6.26. The highest BCUT2D eigenvalue weighted by Gasteiger charge is 2.33. The molecule has 0 aliphatic rings. The molecular formula is C8H18O2Si. The lowest BCUT2D eigenvalue weighted by molar-refractivity contribution is -0.145. The van der Waals surface area contributed by atoms with Crippen LogP contribution in [-0.2, 0) is 9.53 Å². The molecule has 0 aliphatic carbocycles. The molecule has 2 unspecified atom stereocenters. The van der Waals surface area contributed by atoms with Gasteiger partial charge in [0.05, 0.1) is 12.1 Å². The van der Waals surface area contributed by atoms with Gasteiger partial charge in [-0.1, -0.05) is 27.2 Å². The van der Waals surface area contributed by atoms with Crippen LogP contribution in [0.5, 0.6) is 0 Å². The van der Waals surface area contributed by atoms with E-state index in [0.29, 0.717) is 5.92 Å². The number of methoxy groups -OCH3 is 1. The minimum atomic E-state index is -0.205. The van der Waals surface area contributed by atoms with Crippen LogP contribution in [-0.4, -0.2) is 23.3 Å². The Kier molecular flexibility index (Phi) is 3.79. The lowest BCUT2D eigenvalue weighted by Gasteiger charge is -2.27. The lowest BCUT2D eigenvalue weighted by Crippen LogP contribution is -2.28. The van der Waals surface area contributed by atoms with Crippen LogP contribution in [0, 0.1) is 5.92 Å². The number of carbonyl (C=O) groups is 1. The largest absolute Gasteiger partial charge is 0.469 e. The predicted molar refractivity (Wildman–Crippen MR) is 49.8 cm³/mol. The maximum atomic E-state index is 11.2. The van der Waals surface area contributed by atoms with Gasteiger partial charge in [0.25, 0.3) is 0 Å². The first-order valence-electron chi connectivity index (χ1n) is 4.05. The van der Waals surface area contributed by atoms with Crippen LogP contribution in [0.4, 0.5) is 0 Å². The molecule has 2 atom stereocenters. The van der Waals surface area contributed by atoms with Crippen LogP contribution < -0.4 is 0 Å². The van der Waals surface area contributed by atoms with Gasteiger partial charge in [0.1, 0.15) is 0 Å². The number of hydrogen-bond acceptors (Lipinski definition) is 2. The van der Waals surface area contributed by atoms with E-state index in [0.717, 1.165) is 16.7 Å². The summed E-state index contributed by atoms with van der Waals surface area (Å²) in [5.74, 6) is 0.375. The van der Waals surface area contributed by atoms with E-state index in [-0.39, 0.29) is 11.0 Å². The zero-order valence-electron chi connectivity index (χ0n) is 8.10. The Bertz CT molecular complexity index is 143. The second kappa shape index (κ2) is 3.90. The van der Waals surface area contributed by atoms with Crippen LogP contribution in [0.15, 0.2) is 0 Å². The van der Waals surface area contributed by atoms with Gasteiger partial charge in [-0.15, -0.1) is 0 Å². The Morgan fingerprint density at radius 3 is 2.45 bits per heavy atom. The monoisotopic (exact) mass is 174 g/mol. The third-order valence-electron chi connectivity index (χ3n) is 2.56. The van der Waals surface area contributed by atoms with E-state index in [1.54, 1.807) is 0 Å². The highest BCUT2D eigenvalue weighted by atomic mass is 28.1. The summed E-state index contributed by atoms with van der Waals surface area (Å²) in [6, 6.07) is 0. The molecule has 11 heavy (non-hydrogen) atoms. The molecule has 0 radical (unpaired) electrons. The minimum Gasteiger partial charge on any atom is -0.469 e. The summed E-state index contributed by atoms with van der Waals surface area (Å²) in [4.78, 5) is 11.2. The molecule has 0 rings (SSSR count). The molecule has 2 nitrogen and oxygen atoms in total. The van der Waals surface area contributed by atoms with Crippen LogP contribution in [0.1, 0.15) is 27.2 Å². The molecule has 0 aromatic heterocycles. The minimum absolute atomic E-state index is 0.0569. The van der Waals surface area contributed by atoms with Gasteiger partial charge in [0, 0.05) is 10.2 Å². The first-order chi connectivity index (χ1) is 4.96. The van der Waals surface area contributed by atoms with Gasteiger partial charge in [-0.2, -0.15) is 0 Å². The Labute approximate surface area is 71.7 Å². The molecule has 0 saturated carbocycles. The number of esters is 1. The standard InChI is InChI=1S/C8H18O2Si/c1-5-6(2)8(3,11)7(9)10-4/h6H,5H2,1-4,11H3. The van der Waals surface area contributed by atoms with Crippen molar-refractivity contribution in [3.63, 3.8) is 0 Å². The van der Waals surface area contributed by atoms with E-state index in [2.05, 4.69) is 13.8 Å². The van der Waals surface area contributed by atoms with Crippen molar-refractivity contribution in [3.8, 4) is 0 Å². The van der Waals surface area contributed by atoms with Crippen molar-refractivity contribution < 1.29 is 9.53 Å². The van der Waals surface area contributed by atoms with Gasteiger partial charge in [0.15, 0.2) is 0 Å². The molecule has 0 amide bonds. The van der Waals surface area contributed by atoms with Crippen molar-refractivity contribution in [2.75, 3.05) is 7.11 Å². The van der Waals surface area contributed by atoms with Gasteiger partial charge in [0.2, 0.25) is 0 Å². The average molecular weight is 174 g/mol. The van der Waals surface area contributed by atoms with Crippen LogP contribution >= 0.6 is 0 Å². The maximum absolute atomic E-state index is 11.2. The van der Waals surface area contributed by atoms with E-state index in [4.69, 9.17) is 4.74 Å². The van der Waals surface area contributed by atoms with Gasteiger partial charge >= 0.3 is 5.97 Å². The van der Waals surface area contributed by atoms with Crippen molar-refractivity contribution in [2.24, 2.45) is 5.92 Å². The Morgan fingerprint density at radius 2 is 2.18 bits per heavy atom. The van der Waals surface area contributed by atoms with Crippen LogP contribution in [0.3, 0.4) is 0 Å². The van der Waals surface area contributed by atoms with Crippen molar-refractivity contribution in [1.29, 1.82) is 0 Å². The average Bonchev–Trinajstić information content (AvgIpc) is 2.01. The summed E-state index contributed by atoms with van der Waals surface area (Å²) < 4.78 is 4.73. The van der Waals surface area contributed by atoms with Crippen molar-refractivity contribution in [1.82, 2.24) is 0 Å². The van der Waals surface area contributed by atoms with E-state index in [1.807, 2.05) is 6.92 Å². The number of hydrogen-bond donors (Lipinski definition) is 0.